The van der Waals surface area contributed by atoms with Crippen molar-refractivity contribution in [1.82, 2.24) is 10.3 Å². The molecule has 18 heavy (non-hydrogen) atoms. The zero-order valence-electron chi connectivity index (χ0n) is 11.1. The van der Waals surface area contributed by atoms with Crippen LogP contribution in [-0.2, 0) is 6.42 Å². The maximum atomic E-state index is 4.12. The number of pyridine rings is 1. The van der Waals surface area contributed by atoms with Crippen molar-refractivity contribution < 1.29 is 0 Å². The summed E-state index contributed by atoms with van der Waals surface area (Å²) in [5.74, 6) is 0. The second kappa shape index (κ2) is 6.31. The molecular formula is C16H20N2. The molecule has 0 amide bonds. The molecule has 0 saturated carbocycles. The topological polar surface area (TPSA) is 24.9 Å². The molecule has 0 fully saturated rings. The third-order valence-electron chi connectivity index (χ3n) is 3.13. The summed E-state index contributed by atoms with van der Waals surface area (Å²) in [6.45, 7) is 5.31. The number of hydrogen-bond acceptors (Lipinski definition) is 2. The van der Waals surface area contributed by atoms with E-state index in [4.69, 9.17) is 0 Å². The van der Waals surface area contributed by atoms with E-state index in [1.54, 1.807) is 0 Å². The lowest BCUT2D eigenvalue weighted by Crippen LogP contribution is -2.21. The number of nitrogens with one attached hydrogen (secondary N) is 1. The first-order chi connectivity index (χ1) is 8.75. The highest BCUT2D eigenvalue weighted by Crippen LogP contribution is 2.13. The predicted octanol–water partition coefficient (Wildman–Crippen LogP) is 3.28. The molecule has 1 heterocycles. The molecular weight excluding hydrogens is 220 g/mol. The van der Waals surface area contributed by atoms with Crippen molar-refractivity contribution in [3.8, 4) is 0 Å². The Bertz CT molecular complexity index is 479. The monoisotopic (exact) mass is 240 g/mol. The molecule has 2 aromatic rings. The molecule has 2 nitrogen and oxygen atoms in total. The van der Waals surface area contributed by atoms with E-state index in [0.717, 1.165) is 13.0 Å². The lowest BCUT2D eigenvalue weighted by molar-refractivity contribution is 0.576. The zero-order valence-corrected chi connectivity index (χ0v) is 11.1. The summed E-state index contributed by atoms with van der Waals surface area (Å²) in [6, 6.07) is 13.2. The van der Waals surface area contributed by atoms with Crippen LogP contribution in [0.2, 0.25) is 0 Å². The first-order valence-electron chi connectivity index (χ1n) is 6.44. The van der Waals surface area contributed by atoms with Gasteiger partial charge in [0.15, 0.2) is 0 Å². The Morgan fingerprint density at radius 2 is 2.11 bits per heavy atom. The molecule has 0 aliphatic heterocycles. The molecule has 0 bridgehead atoms. The van der Waals surface area contributed by atoms with Gasteiger partial charge >= 0.3 is 0 Å². The van der Waals surface area contributed by atoms with Gasteiger partial charge in [-0.15, -0.1) is 0 Å². The molecule has 0 spiro atoms. The van der Waals surface area contributed by atoms with E-state index >= 15 is 0 Å². The molecule has 2 rings (SSSR count). The molecule has 1 aromatic heterocycles. The minimum absolute atomic E-state index is 0.390. The van der Waals surface area contributed by atoms with Crippen molar-refractivity contribution in [1.29, 1.82) is 0 Å². The minimum atomic E-state index is 0.390. The Labute approximate surface area is 109 Å². The van der Waals surface area contributed by atoms with Gasteiger partial charge in [-0.05, 0) is 44.0 Å². The highest BCUT2D eigenvalue weighted by Gasteiger charge is 2.04. The van der Waals surface area contributed by atoms with E-state index in [2.05, 4.69) is 54.5 Å². The van der Waals surface area contributed by atoms with E-state index in [1.807, 2.05) is 18.5 Å². The van der Waals surface area contributed by atoms with Gasteiger partial charge < -0.3 is 5.32 Å². The second-order valence-corrected chi connectivity index (χ2v) is 4.70. The van der Waals surface area contributed by atoms with Gasteiger partial charge in [0.25, 0.3) is 0 Å². The fraction of sp³-hybridized carbons (Fsp3) is 0.312. The third kappa shape index (κ3) is 3.67. The number of aryl methyl sites for hydroxylation is 1. The summed E-state index contributed by atoms with van der Waals surface area (Å²) in [4.78, 5) is 4.12. The van der Waals surface area contributed by atoms with Gasteiger partial charge in [-0.25, -0.2) is 0 Å². The molecule has 0 radical (unpaired) electrons. The molecule has 0 saturated heterocycles. The van der Waals surface area contributed by atoms with Crippen LogP contribution in [0.5, 0.6) is 0 Å². The molecule has 0 aliphatic rings. The quantitative estimate of drug-likeness (QED) is 0.867. The molecule has 94 valence electrons. The standard InChI is InChI=1S/C16H20N2/c1-13-5-3-7-16(11-13)14(2)18-10-8-15-6-4-9-17-12-15/h3-7,9,11-12,14,18H,8,10H2,1-2H3/t14-/m1/s1. The maximum absolute atomic E-state index is 4.12. The van der Waals surface area contributed by atoms with E-state index in [-0.39, 0.29) is 0 Å². The Morgan fingerprint density at radius 3 is 2.83 bits per heavy atom. The highest BCUT2D eigenvalue weighted by atomic mass is 14.9. The molecule has 1 atom stereocenters. The Morgan fingerprint density at radius 1 is 1.22 bits per heavy atom. The summed E-state index contributed by atoms with van der Waals surface area (Å²) in [6.07, 6.45) is 4.76. The number of nitrogens with zero attached hydrogens (tertiary/aromatic N) is 1. The fourth-order valence-corrected chi connectivity index (χ4v) is 2.04. The molecule has 1 N–H and O–H groups in total. The molecule has 0 unspecified atom stereocenters. The normalized spacial score (nSPS) is 12.3. The first kappa shape index (κ1) is 12.8. The first-order valence-corrected chi connectivity index (χ1v) is 6.44. The van der Waals surface area contributed by atoms with Crippen LogP contribution in [0, 0.1) is 6.92 Å². The van der Waals surface area contributed by atoms with Crippen LogP contribution < -0.4 is 5.32 Å². The summed E-state index contributed by atoms with van der Waals surface area (Å²) in [7, 11) is 0. The third-order valence-corrected chi connectivity index (χ3v) is 3.13. The summed E-state index contributed by atoms with van der Waals surface area (Å²) in [5.41, 5.74) is 3.94. The van der Waals surface area contributed by atoms with E-state index < -0.39 is 0 Å². The highest BCUT2D eigenvalue weighted by molar-refractivity contribution is 5.24. The van der Waals surface area contributed by atoms with Crippen molar-refractivity contribution >= 4 is 0 Å². The molecule has 1 aromatic carbocycles. The van der Waals surface area contributed by atoms with Crippen LogP contribution in [0.3, 0.4) is 0 Å². The molecule has 2 heteroatoms. The summed E-state index contributed by atoms with van der Waals surface area (Å²) < 4.78 is 0. The van der Waals surface area contributed by atoms with Crippen LogP contribution in [-0.4, -0.2) is 11.5 Å². The lowest BCUT2D eigenvalue weighted by Gasteiger charge is -2.14. The van der Waals surface area contributed by atoms with Crippen molar-refractivity contribution in [3.63, 3.8) is 0 Å². The van der Waals surface area contributed by atoms with Crippen LogP contribution in [0.15, 0.2) is 48.8 Å². The van der Waals surface area contributed by atoms with Crippen molar-refractivity contribution in [2.45, 2.75) is 26.3 Å². The predicted molar refractivity (Wildman–Crippen MR) is 75.5 cm³/mol. The van der Waals surface area contributed by atoms with Crippen LogP contribution in [0.25, 0.3) is 0 Å². The number of benzene rings is 1. The Kier molecular flexibility index (Phi) is 4.48. The Hall–Kier alpha value is -1.67. The SMILES string of the molecule is Cc1cccc([C@@H](C)NCCc2cccnc2)c1. The average Bonchev–Trinajstić information content (AvgIpc) is 2.40. The number of rotatable bonds is 5. The van der Waals surface area contributed by atoms with Gasteiger partial charge in [-0.2, -0.15) is 0 Å². The zero-order chi connectivity index (χ0) is 12.8. The smallest absolute Gasteiger partial charge is 0.0300 e. The van der Waals surface area contributed by atoms with Crippen molar-refractivity contribution in [2.24, 2.45) is 0 Å². The average molecular weight is 240 g/mol. The van der Waals surface area contributed by atoms with E-state index in [9.17, 15) is 0 Å². The summed E-state index contributed by atoms with van der Waals surface area (Å²) in [5, 5.41) is 3.55. The van der Waals surface area contributed by atoms with Gasteiger partial charge in [0, 0.05) is 18.4 Å². The minimum Gasteiger partial charge on any atom is -0.310 e. The van der Waals surface area contributed by atoms with E-state index in [1.165, 1.54) is 16.7 Å². The van der Waals surface area contributed by atoms with Gasteiger partial charge in [0.05, 0.1) is 0 Å². The largest absolute Gasteiger partial charge is 0.310 e. The maximum Gasteiger partial charge on any atom is 0.0300 e. The summed E-state index contributed by atoms with van der Waals surface area (Å²) >= 11 is 0. The molecule has 0 aliphatic carbocycles. The van der Waals surface area contributed by atoms with Crippen LogP contribution in [0.4, 0.5) is 0 Å². The number of aromatic nitrogens is 1. The van der Waals surface area contributed by atoms with Crippen LogP contribution in [0.1, 0.15) is 29.7 Å². The fourth-order valence-electron chi connectivity index (χ4n) is 2.04. The van der Waals surface area contributed by atoms with Gasteiger partial charge in [0.1, 0.15) is 0 Å². The van der Waals surface area contributed by atoms with Crippen molar-refractivity contribution in [2.75, 3.05) is 6.54 Å². The van der Waals surface area contributed by atoms with Gasteiger partial charge in [-0.1, -0.05) is 35.9 Å². The van der Waals surface area contributed by atoms with Gasteiger partial charge in [-0.3, -0.25) is 4.98 Å². The second-order valence-electron chi connectivity index (χ2n) is 4.70. The van der Waals surface area contributed by atoms with Crippen molar-refractivity contribution in [3.05, 3.63) is 65.5 Å². The van der Waals surface area contributed by atoms with Crippen LogP contribution >= 0.6 is 0 Å². The Balaban J connectivity index is 1.83. The van der Waals surface area contributed by atoms with E-state index in [0.29, 0.717) is 6.04 Å². The number of hydrogen-bond donors (Lipinski definition) is 1. The lowest BCUT2D eigenvalue weighted by atomic mass is 10.1. The van der Waals surface area contributed by atoms with Gasteiger partial charge in [0.2, 0.25) is 0 Å².